The van der Waals surface area contributed by atoms with Gasteiger partial charge in [-0.3, -0.25) is 54.9 Å². The number of aromatic hydroxyl groups is 2. The Morgan fingerprint density at radius 1 is 0.759 bits per heavy atom. The number of ether oxygens (including phenoxy) is 2. The first-order chi connectivity index (χ1) is 25.7. The molecule has 0 saturated carbocycles. The molecule has 2 heterocycles. The normalized spacial score (nSPS) is 11.3. The van der Waals surface area contributed by atoms with Crippen LogP contribution in [0.4, 0.5) is 45.5 Å². The predicted octanol–water partition coefficient (Wildman–Crippen LogP) is 5.79. The third kappa shape index (κ3) is 13.1. The Morgan fingerprint density at radius 2 is 1.26 bits per heavy atom. The summed E-state index contributed by atoms with van der Waals surface area (Å²) in [7, 11) is 0. The average molecular weight is 884 g/mol. The molecule has 4 aromatic rings. The predicted molar refractivity (Wildman–Crippen MR) is 201 cm³/mol. The fourth-order valence-electron chi connectivity index (χ4n) is 3.98. The van der Waals surface area contributed by atoms with Crippen LogP contribution in [0.15, 0.2) is 72.8 Å². The summed E-state index contributed by atoms with van der Waals surface area (Å²) in [5.74, 6) is 0.813. The van der Waals surface area contributed by atoms with E-state index in [1.807, 2.05) is 0 Å². The van der Waals surface area contributed by atoms with Crippen molar-refractivity contribution in [3.63, 3.8) is 0 Å². The maximum atomic E-state index is 10.5. The number of amides is 2. The summed E-state index contributed by atoms with van der Waals surface area (Å²) in [5.41, 5.74) is 6.08. The number of rotatable bonds is 7. The lowest BCUT2D eigenvalue weighted by Gasteiger charge is -2.18. The molecular weight excluding hydrogens is 856 g/mol. The molecule has 0 aromatic heterocycles. The highest BCUT2D eigenvalue weighted by atomic mass is 79.9. The van der Waals surface area contributed by atoms with Crippen LogP contribution in [0.25, 0.3) is 0 Å². The third-order valence-corrected chi connectivity index (χ3v) is 6.43. The first kappa shape index (κ1) is 43.3. The van der Waals surface area contributed by atoms with E-state index in [1.165, 1.54) is 47.4 Å². The molecule has 0 saturated heterocycles. The highest BCUT2D eigenvalue weighted by molar-refractivity contribution is 9.24. The Bertz CT molecular complexity index is 1990. The molecule has 0 unspecified atom stereocenters. The van der Waals surface area contributed by atoms with Gasteiger partial charge < -0.3 is 36.1 Å². The fraction of sp³-hybridized carbons (Fsp3) is 0.133. The maximum Gasteiger partial charge on any atom is 0.271 e. The van der Waals surface area contributed by atoms with Crippen LogP contribution in [-0.4, -0.2) is 66.8 Å². The van der Waals surface area contributed by atoms with Gasteiger partial charge in [0.15, 0.2) is 6.73 Å². The lowest BCUT2D eigenvalue weighted by atomic mass is 10.2. The van der Waals surface area contributed by atoms with E-state index >= 15 is 0 Å². The number of nitro groups is 4. The molecule has 0 fully saturated rings. The van der Waals surface area contributed by atoms with Crippen LogP contribution >= 0.6 is 31.9 Å². The van der Waals surface area contributed by atoms with E-state index in [1.54, 1.807) is 6.07 Å². The molecule has 6 N–H and O–H groups in total. The zero-order valence-corrected chi connectivity index (χ0v) is 30.4. The number of nitro benzene ring substituents is 4. The van der Waals surface area contributed by atoms with E-state index in [0.717, 1.165) is 28.5 Å². The smallest absolute Gasteiger partial charge is 0.271 e. The van der Waals surface area contributed by atoms with Crippen molar-refractivity contribution < 1.29 is 49.0 Å². The molecule has 2 amide bonds. The SMILES string of the molecule is BrCBr.Nc1cc([N+](=O)[O-])ccc1O.O=CN1COc2ccc([N+](=O)[O-])cc21.O=CNc1cc([N+](=O)[O-])ccc1O.O=[N+]([O-])c1ccc2c(c1)NCCO2. The minimum absolute atomic E-state index is 0.0131. The Balaban J connectivity index is 0.000000244. The Morgan fingerprint density at radius 3 is 1.80 bits per heavy atom. The van der Waals surface area contributed by atoms with Gasteiger partial charge in [0.25, 0.3) is 22.7 Å². The minimum atomic E-state index is -0.616. The topological polar surface area (TPSA) is 319 Å². The van der Waals surface area contributed by atoms with Gasteiger partial charge in [-0.1, -0.05) is 31.9 Å². The largest absolute Gasteiger partial charge is 0.506 e. The molecule has 4 aromatic carbocycles. The standard InChI is InChI=1S/C8H6N2O4.C8H8N2O3.C7H6N2O4.C6H6N2O3.CH2Br2/c11-4-9-5-14-8-2-1-6(10(12)13)3-7(8)9;11-10(12)6-1-2-8-7(5-6)9-3-4-13-8;10-4-8-6-3-5(9(12)13)1-2-7(6)11;7-5-3-4(8(10)11)1-2-6(5)9;2-1-3/h1-4H,5H2;1-2,5,9H,3-4H2;1-4,11H,(H,8,10);1-3,9H,7H2;1H2. The van der Waals surface area contributed by atoms with Gasteiger partial charge in [0.05, 0.1) is 46.7 Å². The number of alkyl halides is 2. The molecule has 24 heteroatoms. The van der Waals surface area contributed by atoms with Crippen molar-refractivity contribution in [2.75, 3.05) is 45.4 Å². The minimum Gasteiger partial charge on any atom is -0.506 e. The van der Waals surface area contributed by atoms with Crippen molar-refractivity contribution in [3.05, 3.63) is 113 Å². The number of non-ortho nitro benzene ring substituents is 4. The summed E-state index contributed by atoms with van der Waals surface area (Å²) in [6, 6.07) is 15.5. The lowest BCUT2D eigenvalue weighted by molar-refractivity contribution is -0.385. The fourth-order valence-corrected chi connectivity index (χ4v) is 3.98. The van der Waals surface area contributed by atoms with Crippen LogP contribution in [0.5, 0.6) is 23.0 Å². The van der Waals surface area contributed by atoms with Crippen molar-refractivity contribution >= 4 is 90.2 Å². The quantitative estimate of drug-likeness (QED) is 0.0366. The number of carbonyl (C=O) groups excluding carboxylic acids is 2. The van der Waals surface area contributed by atoms with Gasteiger partial charge in [0.2, 0.25) is 12.8 Å². The number of phenolic OH excluding ortho intramolecular Hbond substituents is 2. The molecule has 0 atom stereocenters. The van der Waals surface area contributed by atoms with Crippen LogP contribution in [0.1, 0.15) is 0 Å². The summed E-state index contributed by atoms with van der Waals surface area (Å²) in [4.78, 5) is 61.0. The summed E-state index contributed by atoms with van der Waals surface area (Å²) in [6.45, 7) is 1.40. The van der Waals surface area contributed by atoms with Crippen molar-refractivity contribution in [1.29, 1.82) is 0 Å². The summed E-state index contributed by atoms with van der Waals surface area (Å²) >= 11 is 6.12. The van der Waals surface area contributed by atoms with Gasteiger partial charge in [-0.25, -0.2) is 0 Å². The van der Waals surface area contributed by atoms with Crippen LogP contribution in [0.2, 0.25) is 0 Å². The van der Waals surface area contributed by atoms with Crippen molar-refractivity contribution in [3.8, 4) is 23.0 Å². The van der Waals surface area contributed by atoms with Crippen molar-refractivity contribution in [2.24, 2.45) is 0 Å². The molecule has 0 bridgehead atoms. The highest BCUT2D eigenvalue weighted by Gasteiger charge is 2.22. The summed E-state index contributed by atoms with van der Waals surface area (Å²) in [6.07, 6.45) is 0.911. The van der Waals surface area contributed by atoms with Gasteiger partial charge in [-0.2, -0.15) is 0 Å². The molecule has 0 aliphatic carbocycles. The first-order valence-corrected chi connectivity index (χ1v) is 16.7. The zero-order valence-electron chi connectivity index (χ0n) is 27.3. The third-order valence-electron chi connectivity index (χ3n) is 6.43. The van der Waals surface area contributed by atoms with Gasteiger partial charge in [0.1, 0.15) is 29.6 Å². The van der Waals surface area contributed by atoms with Crippen LogP contribution in [0.3, 0.4) is 0 Å². The average Bonchev–Trinajstić information content (AvgIpc) is 3.57. The van der Waals surface area contributed by atoms with Crippen molar-refractivity contribution in [1.82, 2.24) is 0 Å². The number of anilines is 4. The van der Waals surface area contributed by atoms with E-state index < -0.39 is 19.7 Å². The Hall–Kier alpha value is -6.82. The monoisotopic (exact) mass is 882 g/mol. The van der Waals surface area contributed by atoms with Crippen LogP contribution in [0, 0.1) is 40.5 Å². The summed E-state index contributed by atoms with van der Waals surface area (Å²) < 4.78 is 11.3. The number of hydrogen-bond acceptors (Lipinski definition) is 16. The number of nitrogens with one attached hydrogen (secondary N) is 2. The highest BCUT2D eigenvalue weighted by Crippen LogP contribution is 2.36. The van der Waals surface area contributed by atoms with E-state index in [2.05, 4.69) is 42.5 Å². The number of nitrogen functional groups attached to an aromatic ring is 1. The molecular formula is C30H28Br2N8O14. The number of nitrogens with two attached hydrogens (primary N) is 1. The molecule has 22 nitrogen and oxygen atoms in total. The molecule has 286 valence electrons. The number of nitrogens with zero attached hydrogens (tertiary/aromatic N) is 5. The van der Waals surface area contributed by atoms with E-state index in [0.29, 0.717) is 48.8 Å². The lowest BCUT2D eigenvalue weighted by Crippen LogP contribution is -2.19. The zero-order chi connectivity index (χ0) is 40.4. The number of carbonyl (C=O) groups is 2. The number of halogens is 2. The second-order valence-corrected chi connectivity index (χ2v) is 12.4. The molecule has 2 aliphatic heterocycles. The number of hydrogen-bond donors (Lipinski definition) is 5. The van der Waals surface area contributed by atoms with E-state index in [9.17, 15) is 50.0 Å². The number of fused-ring (bicyclic) bond motifs is 2. The molecule has 2 aliphatic rings. The van der Waals surface area contributed by atoms with E-state index in [4.69, 9.17) is 25.4 Å². The molecule has 0 spiro atoms. The summed E-state index contributed by atoms with van der Waals surface area (Å²) in [5, 5.41) is 64.4. The van der Waals surface area contributed by atoms with E-state index in [-0.39, 0.29) is 52.4 Å². The van der Waals surface area contributed by atoms with Gasteiger partial charge in [-0.05, 0) is 24.3 Å². The number of phenols is 2. The number of benzene rings is 4. The molecule has 0 radical (unpaired) electrons. The van der Waals surface area contributed by atoms with Gasteiger partial charge >= 0.3 is 0 Å². The molecule has 54 heavy (non-hydrogen) atoms. The second-order valence-electron chi connectivity index (χ2n) is 9.79. The second kappa shape index (κ2) is 21.5. The maximum absolute atomic E-state index is 10.5. The van der Waals surface area contributed by atoms with Crippen LogP contribution in [-0.2, 0) is 9.59 Å². The molecule has 6 rings (SSSR count). The van der Waals surface area contributed by atoms with Gasteiger partial charge in [0, 0.05) is 55.1 Å². The van der Waals surface area contributed by atoms with Gasteiger partial charge in [-0.15, -0.1) is 0 Å². The Labute approximate surface area is 319 Å². The van der Waals surface area contributed by atoms with Crippen LogP contribution < -0.4 is 30.7 Å². The van der Waals surface area contributed by atoms with Crippen molar-refractivity contribution in [2.45, 2.75) is 0 Å². The Kier molecular flexibility index (Phi) is 17.3. The first-order valence-electron chi connectivity index (χ1n) is 14.5.